The molecule has 13 heavy (non-hydrogen) atoms. The molecule has 0 radical (unpaired) electrons. The van der Waals surface area contributed by atoms with Crippen molar-refractivity contribution in [2.75, 3.05) is 39.6 Å². The second kappa shape index (κ2) is 7.26. The van der Waals surface area contributed by atoms with Crippen LogP contribution < -0.4 is 0 Å². The molecule has 0 saturated carbocycles. The van der Waals surface area contributed by atoms with Crippen LogP contribution in [0.5, 0.6) is 0 Å². The summed E-state index contributed by atoms with van der Waals surface area (Å²) in [4.78, 5) is 0. The highest BCUT2D eigenvalue weighted by Crippen LogP contribution is 2.09. The van der Waals surface area contributed by atoms with E-state index in [-0.39, 0.29) is 12.7 Å². The average molecular weight is 190 g/mol. The quantitative estimate of drug-likeness (QED) is 0.641. The summed E-state index contributed by atoms with van der Waals surface area (Å²) in [6.07, 6.45) is 2.31. The Morgan fingerprint density at radius 2 is 1.62 bits per heavy atom. The van der Waals surface area contributed by atoms with Gasteiger partial charge in [0.2, 0.25) is 0 Å². The second-order valence-corrected chi connectivity index (χ2v) is 3.04. The number of hydrogen-bond acceptors (Lipinski definition) is 4. The Morgan fingerprint density at radius 3 is 1.85 bits per heavy atom. The lowest BCUT2D eigenvalue weighted by atomic mass is 10.2. The first-order valence-corrected chi connectivity index (χ1v) is 4.81. The van der Waals surface area contributed by atoms with Gasteiger partial charge in [0.15, 0.2) is 0 Å². The van der Waals surface area contributed by atoms with Crippen molar-refractivity contribution in [1.82, 2.24) is 0 Å². The average Bonchev–Trinajstić information content (AvgIpc) is 2.74. The summed E-state index contributed by atoms with van der Waals surface area (Å²) in [6, 6.07) is 0. The Morgan fingerprint density at radius 1 is 1.00 bits per heavy atom. The third kappa shape index (κ3) is 5.21. The van der Waals surface area contributed by atoms with Gasteiger partial charge in [-0.3, -0.25) is 0 Å². The summed E-state index contributed by atoms with van der Waals surface area (Å²) in [5.74, 6) is 0. The molecular formula is C9H18O4. The highest BCUT2D eigenvalue weighted by molar-refractivity contribution is 4.61. The topological polar surface area (TPSA) is 47.9 Å². The van der Waals surface area contributed by atoms with Crippen molar-refractivity contribution >= 4 is 0 Å². The number of aliphatic hydroxyl groups is 1. The van der Waals surface area contributed by atoms with Gasteiger partial charge in [-0.25, -0.2) is 0 Å². The van der Waals surface area contributed by atoms with Gasteiger partial charge in [-0.2, -0.15) is 0 Å². The van der Waals surface area contributed by atoms with Crippen LogP contribution in [-0.2, 0) is 14.2 Å². The molecule has 1 atom stereocenters. The van der Waals surface area contributed by atoms with E-state index in [1.165, 1.54) is 0 Å². The number of rotatable bonds is 1. The zero-order valence-corrected chi connectivity index (χ0v) is 7.91. The molecule has 4 nitrogen and oxygen atoms in total. The summed E-state index contributed by atoms with van der Waals surface area (Å²) in [5, 5.41) is 8.44. The standard InChI is InChI=1S/C5H10O2.C4H8O2/c6-4-5-2-1-3-7-5;1-2-6-4-3-5-1/h5-6H,1-4H2;1-4H2. The van der Waals surface area contributed by atoms with E-state index in [0.29, 0.717) is 0 Å². The van der Waals surface area contributed by atoms with Gasteiger partial charge < -0.3 is 19.3 Å². The maximum Gasteiger partial charge on any atom is 0.0806 e. The lowest BCUT2D eigenvalue weighted by molar-refractivity contribution is -0.0334. The fraction of sp³-hybridized carbons (Fsp3) is 1.00. The molecule has 2 rings (SSSR count). The predicted molar refractivity (Wildman–Crippen MR) is 47.7 cm³/mol. The predicted octanol–water partition coefficient (Wildman–Crippen LogP) is 0.191. The highest BCUT2D eigenvalue weighted by atomic mass is 16.6. The van der Waals surface area contributed by atoms with Crippen LogP contribution in [-0.4, -0.2) is 50.9 Å². The molecule has 0 spiro atoms. The van der Waals surface area contributed by atoms with Crippen LogP contribution >= 0.6 is 0 Å². The van der Waals surface area contributed by atoms with Crippen molar-refractivity contribution in [3.63, 3.8) is 0 Å². The SMILES string of the molecule is C1COCCO1.OCC1CCCO1. The zero-order valence-electron chi connectivity index (χ0n) is 7.91. The van der Waals surface area contributed by atoms with Crippen LogP contribution in [0.15, 0.2) is 0 Å². The third-order valence-electron chi connectivity index (χ3n) is 1.97. The third-order valence-corrected chi connectivity index (χ3v) is 1.97. The first-order valence-electron chi connectivity index (χ1n) is 4.81. The van der Waals surface area contributed by atoms with Crippen LogP contribution in [0.4, 0.5) is 0 Å². The fourth-order valence-electron chi connectivity index (χ4n) is 1.23. The van der Waals surface area contributed by atoms with Gasteiger partial charge >= 0.3 is 0 Å². The molecule has 2 saturated heterocycles. The second-order valence-electron chi connectivity index (χ2n) is 3.04. The van der Waals surface area contributed by atoms with Crippen LogP contribution in [0.2, 0.25) is 0 Å². The van der Waals surface area contributed by atoms with E-state index >= 15 is 0 Å². The molecule has 2 fully saturated rings. The van der Waals surface area contributed by atoms with Gasteiger partial charge in [-0.1, -0.05) is 0 Å². The Kier molecular flexibility index (Phi) is 6.10. The molecule has 0 aliphatic carbocycles. The molecular weight excluding hydrogens is 172 g/mol. The Bertz CT molecular complexity index is 96.7. The van der Waals surface area contributed by atoms with E-state index in [1.807, 2.05) is 0 Å². The van der Waals surface area contributed by atoms with E-state index in [9.17, 15) is 0 Å². The van der Waals surface area contributed by atoms with E-state index in [0.717, 1.165) is 45.9 Å². The van der Waals surface area contributed by atoms with Crippen LogP contribution in [0.3, 0.4) is 0 Å². The molecule has 0 amide bonds. The molecule has 4 heteroatoms. The van der Waals surface area contributed by atoms with Crippen molar-refractivity contribution in [3.8, 4) is 0 Å². The molecule has 1 unspecified atom stereocenters. The van der Waals surface area contributed by atoms with Gasteiger partial charge in [-0.15, -0.1) is 0 Å². The molecule has 0 aromatic carbocycles. The molecule has 78 valence electrons. The van der Waals surface area contributed by atoms with E-state index in [2.05, 4.69) is 0 Å². The van der Waals surface area contributed by atoms with Crippen molar-refractivity contribution in [2.45, 2.75) is 18.9 Å². The van der Waals surface area contributed by atoms with Crippen LogP contribution in [0, 0.1) is 0 Å². The number of aliphatic hydroxyl groups excluding tert-OH is 1. The zero-order chi connectivity index (χ0) is 9.36. The van der Waals surface area contributed by atoms with E-state index < -0.39 is 0 Å². The van der Waals surface area contributed by atoms with Gasteiger partial charge in [-0.05, 0) is 12.8 Å². The van der Waals surface area contributed by atoms with Crippen LogP contribution in [0.25, 0.3) is 0 Å². The lowest BCUT2D eigenvalue weighted by Gasteiger charge is -2.09. The minimum absolute atomic E-state index is 0.153. The maximum absolute atomic E-state index is 8.44. The van der Waals surface area contributed by atoms with Crippen molar-refractivity contribution in [3.05, 3.63) is 0 Å². The first kappa shape index (κ1) is 10.9. The fourth-order valence-corrected chi connectivity index (χ4v) is 1.23. The van der Waals surface area contributed by atoms with Crippen LogP contribution in [0.1, 0.15) is 12.8 Å². The Balaban J connectivity index is 0.000000132. The molecule has 0 aromatic rings. The molecule has 2 heterocycles. The minimum Gasteiger partial charge on any atom is -0.394 e. The molecule has 2 aliphatic rings. The monoisotopic (exact) mass is 190 g/mol. The lowest BCUT2D eigenvalue weighted by Crippen LogP contribution is -2.16. The smallest absolute Gasteiger partial charge is 0.0806 e. The Hall–Kier alpha value is -0.160. The van der Waals surface area contributed by atoms with Crippen molar-refractivity contribution < 1.29 is 19.3 Å². The van der Waals surface area contributed by atoms with E-state index in [4.69, 9.17) is 19.3 Å². The first-order chi connectivity index (χ1) is 6.43. The summed E-state index contributed by atoms with van der Waals surface area (Å²) in [7, 11) is 0. The van der Waals surface area contributed by atoms with Gasteiger partial charge in [0.05, 0.1) is 39.1 Å². The molecule has 2 aliphatic heterocycles. The summed E-state index contributed by atoms with van der Waals surface area (Å²) >= 11 is 0. The largest absolute Gasteiger partial charge is 0.394 e. The van der Waals surface area contributed by atoms with E-state index in [1.54, 1.807) is 0 Å². The highest BCUT2D eigenvalue weighted by Gasteiger charge is 2.12. The van der Waals surface area contributed by atoms with Gasteiger partial charge in [0, 0.05) is 6.61 Å². The Labute approximate surface area is 78.8 Å². The van der Waals surface area contributed by atoms with Crippen molar-refractivity contribution in [2.24, 2.45) is 0 Å². The number of ether oxygens (including phenoxy) is 3. The summed E-state index contributed by atoms with van der Waals surface area (Å²) in [5.41, 5.74) is 0. The van der Waals surface area contributed by atoms with Crippen molar-refractivity contribution in [1.29, 1.82) is 0 Å². The van der Waals surface area contributed by atoms with Gasteiger partial charge in [0.1, 0.15) is 0 Å². The molecule has 0 aromatic heterocycles. The van der Waals surface area contributed by atoms with Gasteiger partial charge in [0.25, 0.3) is 0 Å². The minimum atomic E-state index is 0.153. The molecule has 1 N–H and O–H groups in total. The molecule has 0 bridgehead atoms. The summed E-state index contributed by atoms with van der Waals surface area (Å²) < 4.78 is 14.9. The summed E-state index contributed by atoms with van der Waals surface area (Å²) in [6.45, 7) is 4.14. The normalized spacial score (nSPS) is 27.9. The maximum atomic E-state index is 8.44. The number of hydrogen-bond donors (Lipinski definition) is 1.